The Morgan fingerprint density at radius 3 is 1.88 bits per heavy atom. The summed E-state index contributed by atoms with van der Waals surface area (Å²) in [6.45, 7) is 3.31. The topological polar surface area (TPSA) is 55.1 Å². The first kappa shape index (κ1) is 13.3. The van der Waals surface area contributed by atoms with E-state index < -0.39 is 23.3 Å². The zero-order valence-electron chi connectivity index (χ0n) is 9.43. The number of nitrogens with one attached hydrogen (secondary N) is 1. The van der Waals surface area contributed by atoms with Gasteiger partial charge >= 0.3 is 12.2 Å². The lowest BCUT2D eigenvalue weighted by atomic mass is 9.93. The van der Waals surface area contributed by atoms with Crippen LogP contribution in [0.2, 0.25) is 0 Å². The average Bonchev–Trinajstić information content (AvgIpc) is 2.14. The lowest BCUT2D eigenvalue weighted by Gasteiger charge is -2.26. The molecule has 1 aromatic rings. The van der Waals surface area contributed by atoms with E-state index in [0.29, 0.717) is 5.56 Å². The zero-order valence-corrected chi connectivity index (χ0v) is 9.43. The quantitative estimate of drug-likeness (QED) is 0.828. The van der Waals surface area contributed by atoms with Crippen LogP contribution in [0.5, 0.6) is 0 Å². The zero-order chi connectivity index (χ0) is 13.3. The molecule has 0 aliphatic rings. The highest BCUT2D eigenvalue weighted by Gasteiger charge is 2.31. The highest BCUT2D eigenvalue weighted by atomic mass is 19.4. The van der Waals surface area contributed by atoms with Gasteiger partial charge in [-0.3, -0.25) is 0 Å². The number of hydrogen-bond acceptors (Lipinski definition) is 1. The predicted octanol–water partition coefficient (Wildman–Crippen LogP) is 2.61. The predicted molar refractivity (Wildman–Crippen MR) is 57.2 cm³/mol. The van der Waals surface area contributed by atoms with Gasteiger partial charge < -0.3 is 11.1 Å². The van der Waals surface area contributed by atoms with Crippen molar-refractivity contribution in [3.8, 4) is 0 Å². The van der Waals surface area contributed by atoms with Crippen molar-refractivity contribution in [2.75, 3.05) is 0 Å². The number of nitrogens with two attached hydrogens (primary N) is 1. The van der Waals surface area contributed by atoms with Crippen LogP contribution in [0.15, 0.2) is 24.3 Å². The normalized spacial score (nSPS) is 12.3. The monoisotopic (exact) mass is 246 g/mol. The van der Waals surface area contributed by atoms with Crippen molar-refractivity contribution in [2.45, 2.75) is 25.6 Å². The second-order valence-corrected chi connectivity index (χ2v) is 4.19. The Morgan fingerprint density at radius 1 is 1.12 bits per heavy atom. The highest BCUT2D eigenvalue weighted by molar-refractivity contribution is 5.72. The summed E-state index contributed by atoms with van der Waals surface area (Å²) in [7, 11) is 0. The van der Waals surface area contributed by atoms with Crippen molar-refractivity contribution >= 4 is 6.03 Å². The van der Waals surface area contributed by atoms with E-state index in [1.165, 1.54) is 12.1 Å². The van der Waals surface area contributed by atoms with Crippen LogP contribution < -0.4 is 11.1 Å². The molecule has 0 radical (unpaired) electrons. The molecule has 0 spiro atoms. The fourth-order valence-electron chi connectivity index (χ4n) is 1.46. The molecule has 0 aliphatic heterocycles. The third kappa shape index (κ3) is 3.37. The summed E-state index contributed by atoms with van der Waals surface area (Å²) in [5, 5.41) is 2.45. The second-order valence-electron chi connectivity index (χ2n) is 4.19. The maximum Gasteiger partial charge on any atom is 0.416 e. The molecule has 3 N–H and O–H groups in total. The Kier molecular flexibility index (Phi) is 3.35. The Balaban J connectivity index is 2.98. The average molecular weight is 246 g/mol. The Labute approximate surface area is 96.8 Å². The molecule has 0 saturated heterocycles. The molecule has 2 amide bonds. The van der Waals surface area contributed by atoms with Crippen molar-refractivity contribution < 1.29 is 18.0 Å². The summed E-state index contributed by atoms with van der Waals surface area (Å²) in [5.74, 6) is 0. The van der Waals surface area contributed by atoms with Gasteiger partial charge in [-0.15, -0.1) is 0 Å². The number of benzene rings is 1. The number of halogens is 3. The minimum absolute atomic E-state index is 0.546. The SMILES string of the molecule is CC(C)(NC(N)=O)c1ccc(C(F)(F)F)cc1. The largest absolute Gasteiger partial charge is 0.416 e. The van der Waals surface area contributed by atoms with Crippen molar-refractivity contribution in [1.29, 1.82) is 0 Å². The highest BCUT2D eigenvalue weighted by Crippen LogP contribution is 2.30. The number of rotatable bonds is 2. The molecule has 0 heterocycles. The van der Waals surface area contributed by atoms with E-state index in [-0.39, 0.29) is 0 Å². The van der Waals surface area contributed by atoms with Crippen LogP contribution in [0.25, 0.3) is 0 Å². The van der Waals surface area contributed by atoms with Crippen LogP contribution in [0, 0.1) is 0 Å². The van der Waals surface area contributed by atoms with Crippen molar-refractivity contribution in [1.82, 2.24) is 5.32 Å². The van der Waals surface area contributed by atoms with Crippen molar-refractivity contribution in [3.63, 3.8) is 0 Å². The molecule has 1 rings (SSSR count). The number of primary amides is 1. The molecule has 0 aliphatic carbocycles. The van der Waals surface area contributed by atoms with E-state index in [0.717, 1.165) is 12.1 Å². The van der Waals surface area contributed by atoms with Gasteiger partial charge in [-0.05, 0) is 31.5 Å². The minimum Gasteiger partial charge on any atom is -0.352 e. The maximum atomic E-state index is 12.3. The van der Waals surface area contributed by atoms with E-state index in [1.54, 1.807) is 13.8 Å². The number of hydrogen-bond donors (Lipinski definition) is 2. The van der Waals surface area contributed by atoms with Crippen molar-refractivity contribution in [3.05, 3.63) is 35.4 Å². The van der Waals surface area contributed by atoms with Gasteiger partial charge in [-0.1, -0.05) is 12.1 Å². The number of urea groups is 1. The van der Waals surface area contributed by atoms with E-state index in [2.05, 4.69) is 5.32 Å². The Morgan fingerprint density at radius 2 is 1.53 bits per heavy atom. The minimum atomic E-state index is -4.36. The maximum absolute atomic E-state index is 12.3. The van der Waals surface area contributed by atoms with Gasteiger partial charge in [-0.25, -0.2) is 4.79 Å². The summed E-state index contributed by atoms with van der Waals surface area (Å²) in [4.78, 5) is 10.7. The Bertz CT molecular complexity index is 410. The summed E-state index contributed by atoms with van der Waals surface area (Å²) in [6.07, 6.45) is -4.36. The third-order valence-electron chi connectivity index (χ3n) is 2.37. The molecule has 0 saturated carbocycles. The van der Waals surface area contributed by atoms with E-state index >= 15 is 0 Å². The molecule has 0 fully saturated rings. The summed E-state index contributed by atoms with van der Waals surface area (Å²) in [6, 6.07) is 3.85. The molecule has 3 nitrogen and oxygen atoms in total. The van der Waals surface area contributed by atoms with Gasteiger partial charge in [0.1, 0.15) is 0 Å². The molecule has 1 aromatic carbocycles. The molecular formula is C11H13F3N2O. The van der Waals surface area contributed by atoms with Gasteiger partial charge in [0.2, 0.25) is 0 Å². The van der Waals surface area contributed by atoms with Gasteiger partial charge in [0.25, 0.3) is 0 Å². The lowest BCUT2D eigenvalue weighted by molar-refractivity contribution is -0.137. The Hall–Kier alpha value is -1.72. The molecule has 17 heavy (non-hydrogen) atoms. The van der Waals surface area contributed by atoms with Crippen LogP contribution in [0.1, 0.15) is 25.0 Å². The summed E-state index contributed by atoms with van der Waals surface area (Å²) >= 11 is 0. The van der Waals surface area contributed by atoms with Crippen LogP contribution in [0.4, 0.5) is 18.0 Å². The van der Waals surface area contributed by atoms with Crippen LogP contribution >= 0.6 is 0 Å². The molecule has 0 atom stereocenters. The summed E-state index contributed by atoms with van der Waals surface area (Å²) in [5.41, 5.74) is 4.00. The molecule has 94 valence electrons. The lowest BCUT2D eigenvalue weighted by Crippen LogP contribution is -2.43. The first-order chi connectivity index (χ1) is 7.63. The molecule has 0 unspecified atom stereocenters. The molecule has 6 heteroatoms. The van der Waals surface area contributed by atoms with E-state index in [9.17, 15) is 18.0 Å². The number of alkyl halides is 3. The van der Waals surface area contributed by atoms with Gasteiger partial charge in [0.15, 0.2) is 0 Å². The van der Waals surface area contributed by atoms with Crippen molar-refractivity contribution in [2.24, 2.45) is 5.73 Å². The fourth-order valence-corrected chi connectivity index (χ4v) is 1.46. The molecule has 0 bridgehead atoms. The number of amides is 2. The standard InChI is InChI=1S/C11H13F3N2O/c1-10(2,16-9(15)17)7-3-5-8(6-4-7)11(12,13)14/h3-6H,1-2H3,(H3,15,16,17). The van der Waals surface area contributed by atoms with Gasteiger partial charge in [0, 0.05) is 0 Å². The number of carbonyl (C=O) groups excluding carboxylic acids is 1. The van der Waals surface area contributed by atoms with Crippen LogP contribution in [-0.2, 0) is 11.7 Å². The second kappa shape index (κ2) is 4.27. The van der Waals surface area contributed by atoms with E-state index in [1.807, 2.05) is 0 Å². The van der Waals surface area contributed by atoms with Gasteiger partial charge in [-0.2, -0.15) is 13.2 Å². The first-order valence-electron chi connectivity index (χ1n) is 4.88. The molecular weight excluding hydrogens is 233 g/mol. The van der Waals surface area contributed by atoms with Crippen LogP contribution in [-0.4, -0.2) is 6.03 Å². The molecule has 0 aromatic heterocycles. The third-order valence-corrected chi connectivity index (χ3v) is 2.37. The number of carbonyl (C=O) groups is 1. The van der Waals surface area contributed by atoms with Gasteiger partial charge in [0.05, 0.1) is 11.1 Å². The summed E-state index contributed by atoms with van der Waals surface area (Å²) < 4.78 is 37.0. The van der Waals surface area contributed by atoms with Crippen LogP contribution in [0.3, 0.4) is 0 Å². The fraction of sp³-hybridized carbons (Fsp3) is 0.364. The first-order valence-corrected chi connectivity index (χ1v) is 4.88. The smallest absolute Gasteiger partial charge is 0.352 e. The van der Waals surface area contributed by atoms with E-state index in [4.69, 9.17) is 5.73 Å².